The Hall–Kier alpha value is -3.08. The minimum absolute atomic E-state index is 0.0615. The zero-order chi connectivity index (χ0) is 17.9. The first-order valence-electron chi connectivity index (χ1n) is 8.93. The molecule has 0 radical (unpaired) electrons. The SMILES string of the molecule is O=C(N[C@@H]1CCCN(c2ccccc2)C1)c1cc2ccccc2c(=O)[nH]1. The molecule has 0 aliphatic carbocycles. The number of piperidine rings is 1. The Balaban J connectivity index is 1.50. The van der Waals surface area contributed by atoms with Crippen LogP contribution in [-0.2, 0) is 0 Å². The highest BCUT2D eigenvalue weighted by molar-refractivity contribution is 5.96. The van der Waals surface area contributed by atoms with Crippen molar-refractivity contribution in [3.63, 3.8) is 0 Å². The monoisotopic (exact) mass is 347 g/mol. The van der Waals surface area contributed by atoms with Gasteiger partial charge >= 0.3 is 0 Å². The van der Waals surface area contributed by atoms with Crippen LogP contribution >= 0.6 is 0 Å². The van der Waals surface area contributed by atoms with E-state index in [4.69, 9.17) is 0 Å². The van der Waals surface area contributed by atoms with Crippen molar-refractivity contribution in [3.05, 3.63) is 76.7 Å². The quantitative estimate of drug-likeness (QED) is 0.766. The first-order chi connectivity index (χ1) is 12.7. The zero-order valence-electron chi connectivity index (χ0n) is 14.4. The van der Waals surface area contributed by atoms with E-state index >= 15 is 0 Å². The molecule has 132 valence electrons. The Morgan fingerprint density at radius 3 is 2.69 bits per heavy atom. The third-order valence-corrected chi connectivity index (χ3v) is 4.88. The number of fused-ring (bicyclic) bond motifs is 1. The summed E-state index contributed by atoms with van der Waals surface area (Å²) in [5.74, 6) is -0.229. The molecule has 4 rings (SSSR count). The van der Waals surface area contributed by atoms with Crippen LogP contribution in [0.25, 0.3) is 10.8 Å². The summed E-state index contributed by atoms with van der Waals surface area (Å²) < 4.78 is 0. The smallest absolute Gasteiger partial charge is 0.268 e. The van der Waals surface area contributed by atoms with Gasteiger partial charge in [0.15, 0.2) is 0 Å². The Labute approximate surface area is 151 Å². The van der Waals surface area contributed by atoms with Crippen molar-refractivity contribution in [2.75, 3.05) is 18.0 Å². The summed E-state index contributed by atoms with van der Waals surface area (Å²) in [7, 11) is 0. The number of carbonyl (C=O) groups excluding carboxylic acids is 1. The first-order valence-corrected chi connectivity index (χ1v) is 8.93. The van der Waals surface area contributed by atoms with E-state index in [0.717, 1.165) is 31.3 Å². The third kappa shape index (κ3) is 3.33. The molecule has 3 aromatic rings. The Morgan fingerprint density at radius 1 is 1.08 bits per heavy atom. The van der Waals surface area contributed by atoms with Crippen LogP contribution in [0.15, 0.2) is 65.5 Å². The van der Waals surface area contributed by atoms with E-state index in [1.165, 1.54) is 5.69 Å². The lowest BCUT2D eigenvalue weighted by Gasteiger charge is -2.34. The van der Waals surface area contributed by atoms with Gasteiger partial charge in [-0.3, -0.25) is 9.59 Å². The van der Waals surface area contributed by atoms with Gasteiger partial charge in [-0.1, -0.05) is 36.4 Å². The number of hydrogen-bond donors (Lipinski definition) is 2. The molecule has 0 spiro atoms. The fourth-order valence-corrected chi connectivity index (χ4v) is 3.56. The van der Waals surface area contributed by atoms with E-state index in [1.54, 1.807) is 12.1 Å². The van der Waals surface area contributed by atoms with Crippen LogP contribution in [-0.4, -0.2) is 30.0 Å². The van der Waals surface area contributed by atoms with E-state index in [9.17, 15) is 9.59 Å². The zero-order valence-corrected chi connectivity index (χ0v) is 14.4. The lowest BCUT2D eigenvalue weighted by Crippen LogP contribution is -2.48. The largest absolute Gasteiger partial charge is 0.369 e. The molecule has 2 aromatic carbocycles. The molecule has 1 amide bonds. The minimum atomic E-state index is -0.234. The number of nitrogens with zero attached hydrogens (tertiary/aromatic N) is 1. The molecule has 2 N–H and O–H groups in total. The second-order valence-corrected chi connectivity index (χ2v) is 6.69. The number of anilines is 1. The minimum Gasteiger partial charge on any atom is -0.369 e. The number of carbonyl (C=O) groups is 1. The van der Waals surface area contributed by atoms with Gasteiger partial charge in [-0.25, -0.2) is 0 Å². The van der Waals surface area contributed by atoms with Crippen molar-refractivity contribution >= 4 is 22.4 Å². The second kappa shape index (κ2) is 7.04. The molecule has 1 atom stereocenters. The number of aromatic nitrogens is 1. The maximum atomic E-state index is 12.7. The maximum Gasteiger partial charge on any atom is 0.268 e. The molecule has 5 heteroatoms. The number of para-hydroxylation sites is 1. The van der Waals surface area contributed by atoms with Crippen LogP contribution in [0.2, 0.25) is 0 Å². The average molecular weight is 347 g/mol. The normalized spacial score (nSPS) is 17.2. The highest BCUT2D eigenvalue weighted by atomic mass is 16.2. The van der Waals surface area contributed by atoms with Crippen molar-refractivity contribution in [3.8, 4) is 0 Å². The fraction of sp³-hybridized carbons (Fsp3) is 0.238. The lowest BCUT2D eigenvalue weighted by atomic mass is 10.0. The number of benzene rings is 2. The van der Waals surface area contributed by atoms with Gasteiger partial charge in [0.2, 0.25) is 0 Å². The number of rotatable bonds is 3. The molecule has 26 heavy (non-hydrogen) atoms. The van der Waals surface area contributed by atoms with E-state index < -0.39 is 0 Å². The van der Waals surface area contributed by atoms with E-state index in [-0.39, 0.29) is 17.5 Å². The Kier molecular flexibility index (Phi) is 4.44. The number of pyridine rings is 1. The predicted molar refractivity (Wildman–Crippen MR) is 104 cm³/mol. The van der Waals surface area contributed by atoms with Gasteiger partial charge in [-0.15, -0.1) is 0 Å². The predicted octanol–water partition coefficient (Wildman–Crippen LogP) is 2.93. The summed E-state index contributed by atoms with van der Waals surface area (Å²) in [6.45, 7) is 1.76. The summed E-state index contributed by atoms with van der Waals surface area (Å²) in [5.41, 5.74) is 1.25. The standard InChI is InChI=1S/C21H21N3O2/c25-20-18-11-5-4-7-15(18)13-19(23-20)21(26)22-16-8-6-12-24(14-16)17-9-2-1-3-10-17/h1-5,7,9-11,13,16H,6,8,12,14H2,(H,22,26)(H,23,25)/t16-/m1/s1. The molecule has 1 fully saturated rings. The van der Waals surface area contributed by atoms with Crippen molar-refractivity contribution in [1.82, 2.24) is 10.3 Å². The van der Waals surface area contributed by atoms with Crippen molar-refractivity contribution in [1.29, 1.82) is 0 Å². The van der Waals surface area contributed by atoms with Crippen LogP contribution in [0.4, 0.5) is 5.69 Å². The number of hydrogen-bond acceptors (Lipinski definition) is 3. The summed E-state index contributed by atoms with van der Waals surface area (Å²) in [4.78, 5) is 29.8. The lowest BCUT2D eigenvalue weighted by molar-refractivity contribution is 0.0928. The molecule has 1 aliphatic heterocycles. The molecule has 2 heterocycles. The summed E-state index contributed by atoms with van der Waals surface area (Å²) in [6, 6.07) is 19.3. The van der Waals surface area contributed by atoms with Gasteiger partial charge in [-0.05, 0) is 42.5 Å². The van der Waals surface area contributed by atoms with Crippen LogP contribution in [0, 0.1) is 0 Å². The maximum absolute atomic E-state index is 12.7. The summed E-state index contributed by atoms with van der Waals surface area (Å²) >= 11 is 0. The number of nitrogens with one attached hydrogen (secondary N) is 2. The van der Waals surface area contributed by atoms with E-state index in [0.29, 0.717) is 11.1 Å². The van der Waals surface area contributed by atoms with Gasteiger partial charge in [0.1, 0.15) is 5.69 Å². The Morgan fingerprint density at radius 2 is 1.85 bits per heavy atom. The van der Waals surface area contributed by atoms with E-state index in [1.807, 2.05) is 36.4 Å². The highest BCUT2D eigenvalue weighted by Gasteiger charge is 2.22. The molecular weight excluding hydrogens is 326 g/mol. The van der Waals surface area contributed by atoms with Crippen LogP contribution in [0.1, 0.15) is 23.3 Å². The highest BCUT2D eigenvalue weighted by Crippen LogP contribution is 2.19. The molecule has 0 bridgehead atoms. The molecule has 1 aromatic heterocycles. The molecular formula is C21H21N3O2. The molecule has 5 nitrogen and oxygen atoms in total. The number of amides is 1. The average Bonchev–Trinajstić information content (AvgIpc) is 2.69. The topological polar surface area (TPSA) is 65.2 Å². The van der Waals surface area contributed by atoms with Gasteiger partial charge in [-0.2, -0.15) is 0 Å². The van der Waals surface area contributed by atoms with Gasteiger partial charge in [0, 0.05) is 30.2 Å². The van der Waals surface area contributed by atoms with Gasteiger partial charge in [0.05, 0.1) is 0 Å². The van der Waals surface area contributed by atoms with Crippen LogP contribution in [0.3, 0.4) is 0 Å². The van der Waals surface area contributed by atoms with Crippen molar-refractivity contribution in [2.24, 2.45) is 0 Å². The third-order valence-electron chi connectivity index (χ3n) is 4.88. The summed E-state index contributed by atoms with van der Waals surface area (Å²) in [5, 5.41) is 4.44. The number of aromatic amines is 1. The molecule has 1 saturated heterocycles. The number of H-pyrrole nitrogens is 1. The summed E-state index contributed by atoms with van der Waals surface area (Å²) in [6.07, 6.45) is 1.96. The van der Waals surface area contributed by atoms with E-state index in [2.05, 4.69) is 27.3 Å². The molecule has 1 aliphatic rings. The second-order valence-electron chi connectivity index (χ2n) is 6.69. The van der Waals surface area contributed by atoms with Crippen LogP contribution < -0.4 is 15.8 Å². The van der Waals surface area contributed by atoms with Gasteiger partial charge < -0.3 is 15.2 Å². The van der Waals surface area contributed by atoms with Crippen molar-refractivity contribution in [2.45, 2.75) is 18.9 Å². The molecule has 0 saturated carbocycles. The molecule has 0 unspecified atom stereocenters. The fourth-order valence-electron chi connectivity index (χ4n) is 3.56. The van der Waals surface area contributed by atoms with Crippen LogP contribution in [0.5, 0.6) is 0 Å². The van der Waals surface area contributed by atoms with Gasteiger partial charge in [0.25, 0.3) is 11.5 Å². The Bertz CT molecular complexity index is 981. The first kappa shape index (κ1) is 16.4. The van der Waals surface area contributed by atoms with Crippen molar-refractivity contribution < 1.29 is 4.79 Å².